The van der Waals surface area contributed by atoms with Crippen LogP contribution < -0.4 is 5.32 Å². The van der Waals surface area contributed by atoms with Gasteiger partial charge in [-0.15, -0.1) is 10.2 Å². The molecule has 0 bridgehead atoms. The van der Waals surface area contributed by atoms with Gasteiger partial charge in [0.05, 0.1) is 0 Å². The fourth-order valence-corrected chi connectivity index (χ4v) is 1.25. The molecule has 0 saturated heterocycles. The molecule has 1 aromatic rings. The Morgan fingerprint density at radius 1 is 1.54 bits per heavy atom. The molecule has 4 heteroatoms. The van der Waals surface area contributed by atoms with Crippen LogP contribution in [-0.4, -0.2) is 16.7 Å². The Balaban J connectivity index is 2.35. The molecule has 1 heterocycles. The molecule has 0 aliphatic rings. The SMILES string of the molecule is CC(CNc1nncs1)C(C)(C)C. The van der Waals surface area contributed by atoms with E-state index in [1.54, 1.807) is 16.8 Å². The first-order chi connectivity index (χ1) is 6.00. The maximum atomic E-state index is 3.93. The first-order valence-electron chi connectivity index (χ1n) is 4.50. The molecule has 3 nitrogen and oxygen atoms in total. The lowest BCUT2D eigenvalue weighted by Crippen LogP contribution is -2.24. The first-order valence-corrected chi connectivity index (χ1v) is 5.38. The van der Waals surface area contributed by atoms with Gasteiger partial charge in [-0.2, -0.15) is 0 Å². The van der Waals surface area contributed by atoms with Crippen molar-refractivity contribution in [1.82, 2.24) is 10.2 Å². The smallest absolute Gasteiger partial charge is 0.205 e. The lowest BCUT2D eigenvalue weighted by Gasteiger charge is -2.27. The molecular formula is C9H17N3S. The summed E-state index contributed by atoms with van der Waals surface area (Å²) in [5, 5.41) is 11.9. The summed E-state index contributed by atoms with van der Waals surface area (Å²) in [6.45, 7) is 9.95. The molecule has 0 spiro atoms. The van der Waals surface area contributed by atoms with E-state index in [4.69, 9.17) is 0 Å². The second kappa shape index (κ2) is 4.05. The molecule has 1 N–H and O–H groups in total. The Hall–Kier alpha value is -0.640. The zero-order chi connectivity index (χ0) is 9.90. The summed E-state index contributed by atoms with van der Waals surface area (Å²) in [4.78, 5) is 0. The van der Waals surface area contributed by atoms with Crippen LogP contribution in [0.15, 0.2) is 5.51 Å². The molecule has 74 valence electrons. The summed E-state index contributed by atoms with van der Waals surface area (Å²) in [5.41, 5.74) is 2.09. The third-order valence-electron chi connectivity index (χ3n) is 2.40. The fraction of sp³-hybridized carbons (Fsp3) is 0.778. The average molecular weight is 199 g/mol. The van der Waals surface area contributed by atoms with Gasteiger partial charge in [-0.3, -0.25) is 0 Å². The third-order valence-corrected chi connectivity index (χ3v) is 3.05. The van der Waals surface area contributed by atoms with Crippen molar-refractivity contribution < 1.29 is 0 Å². The van der Waals surface area contributed by atoms with Gasteiger partial charge in [-0.05, 0) is 11.3 Å². The van der Waals surface area contributed by atoms with Crippen molar-refractivity contribution in [3.05, 3.63) is 5.51 Å². The zero-order valence-corrected chi connectivity index (χ0v) is 9.48. The van der Waals surface area contributed by atoms with E-state index in [2.05, 4.69) is 43.2 Å². The van der Waals surface area contributed by atoms with E-state index in [9.17, 15) is 0 Å². The zero-order valence-electron chi connectivity index (χ0n) is 8.66. The predicted molar refractivity (Wildman–Crippen MR) is 57.0 cm³/mol. The van der Waals surface area contributed by atoms with Crippen molar-refractivity contribution >= 4 is 16.5 Å². The Labute approximate surface area is 83.6 Å². The molecule has 1 unspecified atom stereocenters. The maximum Gasteiger partial charge on any atom is 0.205 e. The number of hydrogen-bond acceptors (Lipinski definition) is 4. The van der Waals surface area contributed by atoms with Crippen molar-refractivity contribution in [3.63, 3.8) is 0 Å². The van der Waals surface area contributed by atoms with E-state index in [0.29, 0.717) is 11.3 Å². The minimum atomic E-state index is 0.345. The Kier molecular flexibility index (Phi) is 3.25. The standard InChI is InChI=1S/C9H17N3S/c1-7(9(2,3)4)5-10-8-12-11-6-13-8/h6-7H,5H2,1-4H3,(H,10,12). The Bertz CT molecular complexity index is 238. The van der Waals surface area contributed by atoms with Gasteiger partial charge in [0.1, 0.15) is 5.51 Å². The van der Waals surface area contributed by atoms with Gasteiger partial charge in [-0.25, -0.2) is 0 Å². The van der Waals surface area contributed by atoms with E-state index < -0.39 is 0 Å². The van der Waals surface area contributed by atoms with Crippen molar-refractivity contribution in [2.75, 3.05) is 11.9 Å². The topological polar surface area (TPSA) is 37.8 Å². The number of nitrogens with one attached hydrogen (secondary N) is 1. The van der Waals surface area contributed by atoms with Crippen LogP contribution in [0.4, 0.5) is 5.13 Å². The minimum absolute atomic E-state index is 0.345. The van der Waals surface area contributed by atoms with Crippen LogP contribution in [0.1, 0.15) is 27.7 Å². The molecule has 0 radical (unpaired) electrons. The van der Waals surface area contributed by atoms with Gasteiger partial charge < -0.3 is 5.32 Å². The molecule has 0 aliphatic heterocycles. The van der Waals surface area contributed by atoms with Crippen molar-refractivity contribution in [3.8, 4) is 0 Å². The van der Waals surface area contributed by atoms with Gasteiger partial charge in [-0.1, -0.05) is 39.0 Å². The van der Waals surface area contributed by atoms with E-state index in [1.807, 2.05) is 0 Å². The van der Waals surface area contributed by atoms with Crippen LogP contribution in [0, 0.1) is 11.3 Å². The predicted octanol–water partition coefficient (Wildman–Crippen LogP) is 2.63. The van der Waals surface area contributed by atoms with Crippen molar-refractivity contribution in [1.29, 1.82) is 0 Å². The van der Waals surface area contributed by atoms with Crippen LogP contribution in [0.3, 0.4) is 0 Å². The van der Waals surface area contributed by atoms with Crippen LogP contribution in [0.25, 0.3) is 0 Å². The first kappa shape index (κ1) is 10.4. The van der Waals surface area contributed by atoms with Gasteiger partial charge in [0.15, 0.2) is 0 Å². The second-order valence-electron chi connectivity index (χ2n) is 4.39. The summed E-state index contributed by atoms with van der Waals surface area (Å²) in [6, 6.07) is 0. The molecule has 1 aromatic heterocycles. The molecular weight excluding hydrogens is 182 g/mol. The Morgan fingerprint density at radius 2 is 2.23 bits per heavy atom. The quantitative estimate of drug-likeness (QED) is 0.813. The van der Waals surface area contributed by atoms with Crippen LogP contribution in [0.2, 0.25) is 0 Å². The number of hydrogen-bond donors (Lipinski definition) is 1. The molecule has 1 rings (SSSR count). The summed E-state index contributed by atoms with van der Waals surface area (Å²) in [5.74, 6) is 0.622. The molecule has 0 amide bonds. The van der Waals surface area contributed by atoms with Gasteiger partial charge in [0.25, 0.3) is 0 Å². The van der Waals surface area contributed by atoms with Crippen LogP contribution in [-0.2, 0) is 0 Å². The van der Waals surface area contributed by atoms with Gasteiger partial charge in [0.2, 0.25) is 5.13 Å². The summed E-state index contributed by atoms with van der Waals surface area (Å²) >= 11 is 1.54. The average Bonchev–Trinajstić information content (AvgIpc) is 2.50. The number of rotatable bonds is 3. The maximum absolute atomic E-state index is 3.93. The highest BCUT2D eigenvalue weighted by Crippen LogP contribution is 2.25. The van der Waals surface area contributed by atoms with Gasteiger partial charge in [0, 0.05) is 6.54 Å². The van der Waals surface area contributed by atoms with E-state index >= 15 is 0 Å². The monoisotopic (exact) mass is 199 g/mol. The summed E-state index contributed by atoms with van der Waals surface area (Å²) in [6.07, 6.45) is 0. The van der Waals surface area contributed by atoms with Crippen molar-refractivity contribution in [2.24, 2.45) is 11.3 Å². The number of nitrogens with zero attached hydrogens (tertiary/aromatic N) is 2. The summed E-state index contributed by atoms with van der Waals surface area (Å²) in [7, 11) is 0. The molecule has 0 fully saturated rings. The highest BCUT2D eigenvalue weighted by Gasteiger charge is 2.19. The molecule has 0 saturated carbocycles. The van der Waals surface area contributed by atoms with Gasteiger partial charge >= 0.3 is 0 Å². The lowest BCUT2D eigenvalue weighted by molar-refractivity contribution is 0.274. The minimum Gasteiger partial charge on any atom is -0.360 e. The number of anilines is 1. The second-order valence-corrected chi connectivity index (χ2v) is 5.23. The van der Waals surface area contributed by atoms with Crippen molar-refractivity contribution in [2.45, 2.75) is 27.7 Å². The van der Waals surface area contributed by atoms with E-state index in [-0.39, 0.29) is 0 Å². The largest absolute Gasteiger partial charge is 0.360 e. The molecule has 1 atom stereocenters. The molecule has 13 heavy (non-hydrogen) atoms. The number of aromatic nitrogens is 2. The molecule has 0 aromatic carbocycles. The highest BCUT2D eigenvalue weighted by molar-refractivity contribution is 7.13. The van der Waals surface area contributed by atoms with Crippen LogP contribution >= 0.6 is 11.3 Å². The Morgan fingerprint density at radius 3 is 2.69 bits per heavy atom. The summed E-state index contributed by atoms with van der Waals surface area (Å²) < 4.78 is 0. The highest BCUT2D eigenvalue weighted by atomic mass is 32.1. The molecule has 0 aliphatic carbocycles. The van der Waals surface area contributed by atoms with E-state index in [0.717, 1.165) is 11.7 Å². The normalized spacial score (nSPS) is 14.2. The fourth-order valence-electron chi connectivity index (χ4n) is 0.797. The van der Waals surface area contributed by atoms with Crippen LogP contribution in [0.5, 0.6) is 0 Å². The third kappa shape index (κ3) is 3.30. The van der Waals surface area contributed by atoms with E-state index in [1.165, 1.54) is 0 Å². The lowest BCUT2D eigenvalue weighted by atomic mass is 9.82.